The molecule has 0 spiro atoms. The molecule has 96 valence electrons. The molecule has 0 unspecified atom stereocenters. The highest BCUT2D eigenvalue weighted by molar-refractivity contribution is 5.67. The molecule has 0 saturated heterocycles. The van der Waals surface area contributed by atoms with E-state index in [2.05, 4.69) is 0 Å². The monoisotopic (exact) mass is 258 g/mol. The zero-order valence-electron chi connectivity index (χ0n) is 9.16. The molecular formula is C11H9F3N2O2. The number of hydrogen-bond donors (Lipinski definition) is 1. The second-order valence-corrected chi connectivity index (χ2v) is 3.42. The van der Waals surface area contributed by atoms with Gasteiger partial charge >= 0.3 is 5.97 Å². The van der Waals surface area contributed by atoms with Crippen LogP contribution in [0.3, 0.4) is 0 Å². The lowest BCUT2D eigenvalue weighted by atomic mass is 10.2. The summed E-state index contributed by atoms with van der Waals surface area (Å²) in [4.78, 5) is 11.4. The summed E-state index contributed by atoms with van der Waals surface area (Å²) in [6, 6.07) is 3.39. The summed E-state index contributed by atoms with van der Waals surface area (Å²) in [6.45, 7) is -0.500. The van der Waals surface area contributed by atoms with Crippen LogP contribution in [0.4, 0.5) is 18.9 Å². The molecule has 1 rings (SSSR count). The predicted molar refractivity (Wildman–Crippen MR) is 56.4 cm³/mol. The van der Waals surface area contributed by atoms with Gasteiger partial charge in [-0.3, -0.25) is 4.79 Å². The van der Waals surface area contributed by atoms with Gasteiger partial charge in [0.05, 0.1) is 18.2 Å². The average molecular weight is 258 g/mol. The molecule has 7 heteroatoms. The molecule has 0 aliphatic heterocycles. The third kappa shape index (κ3) is 3.13. The van der Waals surface area contributed by atoms with Gasteiger partial charge in [0.1, 0.15) is 6.54 Å². The van der Waals surface area contributed by atoms with Crippen LogP contribution < -0.4 is 4.90 Å². The van der Waals surface area contributed by atoms with Gasteiger partial charge in [0.25, 0.3) is 0 Å². The number of benzene rings is 1. The number of hydrogen-bond acceptors (Lipinski definition) is 3. The Morgan fingerprint density at radius 3 is 2.56 bits per heavy atom. The molecule has 0 radical (unpaired) electrons. The number of carbonyl (C=O) groups is 1. The van der Waals surface area contributed by atoms with Gasteiger partial charge < -0.3 is 10.0 Å². The molecule has 4 nitrogen and oxygen atoms in total. The Bertz CT molecular complexity index is 500. The van der Waals surface area contributed by atoms with Crippen molar-refractivity contribution in [2.24, 2.45) is 0 Å². The molecule has 0 aliphatic carbocycles. The standard InChI is InChI=1S/C11H9F3N2O2/c12-7-1-2-8(11(14)10(7)13)16(6-4-15)5-3-9(17)18/h1-2H,3,5-6H2,(H,17,18). The minimum Gasteiger partial charge on any atom is -0.481 e. The molecule has 0 aromatic heterocycles. The first-order chi connectivity index (χ1) is 8.47. The van der Waals surface area contributed by atoms with Crippen LogP contribution in [0.15, 0.2) is 12.1 Å². The lowest BCUT2D eigenvalue weighted by Crippen LogP contribution is -2.27. The Labute approximate surface area is 101 Å². The molecule has 1 aromatic carbocycles. The first-order valence-corrected chi connectivity index (χ1v) is 4.94. The molecule has 1 aromatic rings. The van der Waals surface area contributed by atoms with E-state index in [1.807, 2.05) is 0 Å². The maximum absolute atomic E-state index is 13.4. The highest BCUT2D eigenvalue weighted by atomic mass is 19.2. The molecular weight excluding hydrogens is 249 g/mol. The first-order valence-electron chi connectivity index (χ1n) is 4.94. The molecule has 0 amide bonds. The third-order valence-electron chi connectivity index (χ3n) is 2.21. The number of nitriles is 1. The maximum Gasteiger partial charge on any atom is 0.305 e. The molecule has 0 atom stereocenters. The summed E-state index contributed by atoms with van der Waals surface area (Å²) < 4.78 is 39.2. The normalized spacial score (nSPS) is 9.89. The van der Waals surface area contributed by atoms with E-state index in [9.17, 15) is 18.0 Å². The quantitative estimate of drug-likeness (QED) is 0.647. The van der Waals surface area contributed by atoms with Gasteiger partial charge in [-0.2, -0.15) is 5.26 Å². The topological polar surface area (TPSA) is 64.3 Å². The second-order valence-electron chi connectivity index (χ2n) is 3.42. The van der Waals surface area contributed by atoms with Crippen LogP contribution in [0.25, 0.3) is 0 Å². The summed E-state index contributed by atoms with van der Waals surface area (Å²) in [5.41, 5.74) is -0.336. The molecule has 0 saturated carbocycles. The third-order valence-corrected chi connectivity index (χ3v) is 2.21. The van der Waals surface area contributed by atoms with Crippen molar-refractivity contribution in [2.75, 3.05) is 18.0 Å². The van der Waals surface area contributed by atoms with Crippen molar-refractivity contribution in [1.29, 1.82) is 5.26 Å². The zero-order valence-corrected chi connectivity index (χ0v) is 9.16. The zero-order chi connectivity index (χ0) is 13.7. The summed E-state index contributed by atoms with van der Waals surface area (Å²) in [6.07, 6.45) is -0.347. The smallest absolute Gasteiger partial charge is 0.305 e. The Morgan fingerprint density at radius 2 is 2.00 bits per heavy atom. The minimum absolute atomic E-state index is 0.176. The van der Waals surface area contributed by atoms with Crippen molar-refractivity contribution < 1.29 is 23.1 Å². The van der Waals surface area contributed by atoms with E-state index >= 15 is 0 Å². The lowest BCUT2D eigenvalue weighted by molar-refractivity contribution is -0.136. The van der Waals surface area contributed by atoms with E-state index in [1.54, 1.807) is 6.07 Å². The van der Waals surface area contributed by atoms with E-state index < -0.39 is 23.4 Å². The Hall–Kier alpha value is -2.23. The number of nitrogens with zero attached hydrogens (tertiary/aromatic N) is 2. The van der Waals surface area contributed by atoms with Crippen LogP contribution in [0.2, 0.25) is 0 Å². The van der Waals surface area contributed by atoms with Gasteiger partial charge in [0.15, 0.2) is 17.5 Å². The first kappa shape index (κ1) is 13.8. The van der Waals surface area contributed by atoms with Gasteiger partial charge in [0.2, 0.25) is 0 Å². The number of rotatable bonds is 5. The van der Waals surface area contributed by atoms with Crippen molar-refractivity contribution in [2.45, 2.75) is 6.42 Å². The number of carboxylic acid groups (broad SMARTS) is 1. The van der Waals surface area contributed by atoms with E-state index in [-0.39, 0.29) is 25.2 Å². The Morgan fingerprint density at radius 1 is 1.33 bits per heavy atom. The highest BCUT2D eigenvalue weighted by Gasteiger charge is 2.18. The van der Waals surface area contributed by atoms with Crippen molar-refractivity contribution in [3.05, 3.63) is 29.6 Å². The van der Waals surface area contributed by atoms with Crippen molar-refractivity contribution in [3.8, 4) is 6.07 Å². The molecule has 0 fully saturated rings. The fraction of sp³-hybridized carbons (Fsp3) is 0.273. The van der Waals surface area contributed by atoms with Gasteiger partial charge in [-0.15, -0.1) is 0 Å². The summed E-state index contributed by atoms with van der Waals surface area (Å²) in [7, 11) is 0. The minimum atomic E-state index is -1.65. The van der Waals surface area contributed by atoms with E-state index in [4.69, 9.17) is 10.4 Å². The van der Waals surface area contributed by atoms with Gasteiger partial charge in [-0.05, 0) is 12.1 Å². The van der Waals surface area contributed by atoms with Crippen molar-refractivity contribution in [3.63, 3.8) is 0 Å². The van der Waals surface area contributed by atoms with Crippen LogP contribution in [-0.4, -0.2) is 24.2 Å². The maximum atomic E-state index is 13.4. The average Bonchev–Trinajstić information content (AvgIpc) is 2.32. The number of aliphatic carboxylic acids is 1. The number of halogens is 3. The fourth-order valence-corrected chi connectivity index (χ4v) is 1.36. The van der Waals surface area contributed by atoms with Crippen LogP contribution >= 0.6 is 0 Å². The van der Waals surface area contributed by atoms with E-state index in [1.165, 1.54) is 0 Å². The van der Waals surface area contributed by atoms with Crippen LogP contribution in [0.5, 0.6) is 0 Å². The Balaban J connectivity index is 3.02. The van der Waals surface area contributed by atoms with Crippen LogP contribution in [0, 0.1) is 28.8 Å². The molecule has 1 N–H and O–H groups in total. The van der Waals surface area contributed by atoms with Gasteiger partial charge in [0, 0.05) is 6.54 Å². The predicted octanol–water partition coefficient (Wildman–Crippen LogP) is 1.91. The summed E-state index contributed by atoms with van der Waals surface area (Å²) in [5.74, 6) is -5.56. The van der Waals surface area contributed by atoms with Gasteiger partial charge in [-0.25, -0.2) is 13.2 Å². The number of anilines is 1. The van der Waals surface area contributed by atoms with Crippen LogP contribution in [0.1, 0.15) is 6.42 Å². The molecule has 18 heavy (non-hydrogen) atoms. The SMILES string of the molecule is N#CCN(CCC(=O)O)c1ccc(F)c(F)c1F. The van der Waals surface area contributed by atoms with E-state index in [0.29, 0.717) is 0 Å². The van der Waals surface area contributed by atoms with E-state index in [0.717, 1.165) is 17.0 Å². The fourth-order valence-electron chi connectivity index (χ4n) is 1.36. The largest absolute Gasteiger partial charge is 0.481 e. The van der Waals surface area contributed by atoms with Crippen LogP contribution in [-0.2, 0) is 4.79 Å². The molecule has 0 heterocycles. The molecule has 0 bridgehead atoms. The van der Waals surface area contributed by atoms with Crippen molar-refractivity contribution in [1.82, 2.24) is 0 Å². The van der Waals surface area contributed by atoms with Gasteiger partial charge in [-0.1, -0.05) is 0 Å². The van der Waals surface area contributed by atoms with Crippen molar-refractivity contribution >= 4 is 11.7 Å². The molecule has 0 aliphatic rings. The lowest BCUT2D eigenvalue weighted by Gasteiger charge is -2.21. The summed E-state index contributed by atoms with van der Waals surface area (Å²) >= 11 is 0. The Kier molecular flexibility index (Phi) is 4.54. The highest BCUT2D eigenvalue weighted by Crippen LogP contribution is 2.23. The number of carboxylic acids is 1. The second kappa shape index (κ2) is 5.91. The summed E-state index contributed by atoms with van der Waals surface area (Å²) in [5, 5.41) is 17.1.